The van der Waals surface area contributed by atoms with Gasteiger partial charge in [-0.3, -0.25) is 0 Å². The Morgan fingerprint density at radius 2 is 1.85 bits per heavy atom. The van der Waals surface area contributed by atoms with Crippen LogP contribution >= 0.6 is 0 Å². The zero-order chi connectivity index (χ0) is 14.9. The molecule has 1 aromatic carbocycles. The lowest BCUT2D eigenvalue weighted by Gasteiger charge is -2.30. The van der Waals surface area contributed by atoms with Crippen LogP contribution in [0.5, 0.6) is 0 Å². The first-order valence-electron chi connectivity index (χ1n) is 6.42. The average Bonchev–Trinajstić information content (AvgIpc) is 2.37. The minimum atomic E-state index is -3.52. The van der Waals surface area contributed by atoms with Gasteiger partial charge in [0.2, 0.25) is 0 Å². The third kappa shape index (κ3) is 2.87. The minimum absolute atomic E-state index is 0.0333. The number of carboxylic acids is 1. The molecule has 0 saturated carbocycles. The number of piperidine rings is 1. The van der Waals surface area contributed by atoms with Gasteiger partial charge in [0.25, 0.3) is 0 Å². The van der Waals surface area contributed by atoms with Crippen molar-refractivity contribution >= 4 is 27.2 Å². The van der Waals surface area contributed by atoms with Crippen molar-refractivity contribution in [3.63, 3.8) is 0 Å². The molecule has 0 unspecified atom stereocenters. The molecule has 1 aromatic rings. The molecule has 2 rings (SSSR count). The Kier molecular flexibility index (Phi) is 3.89. The number of hydrogen-bond acceptors (Lipinski definition) is 5. The van der Waals surface area contributed by atoms with E-state index in [4.69, 9.17) is 10.8 Å². The van der Waals surface area contributed by atoms with E-state index in [0.717, 1.165) is 44.7 Å². The summed E-state index contributed by atoms with van der Waals surface area (Å²) in [5.74, 6) is -1.22. The Hall–Kier alpha value is -1.76. The molecule has 1 saturated heterocycles. The van der Waals surface area contributed by atoms with Crippen LogP contribution in [0.3, 0.4) is 0 Å². The van der Waals surface area contributed by atoms with E-state index in [-0.39, 0.29) is 16.1 Å². The second-order valence-electron chi connectivity index (χ2n) is 5.03. The molecule has 0 aliphatic carbocycles. The van der Waals surface area contributed by atoms with Gasteiger partial charge in [-0.05, 0) is 31.4 Å². The highest BCUT2D eigenvalue weighted by atomic mass is 32.2. The van der Waals surface area contributed by atoms with Crippen molar-refractivity contribution in [2.75, 3.05) is 30.0 Å². The Morgan fingerprint density at radius 1 is 1.25 bits per heavy atom. The molecule has 110 valence electrons. The molecular weight excluding hydrogens is 280 g/mol. The third-order valence-corrected chi connectivity index (χ3v) is 4.58. The Morgan fingerprint density at radius 3 is 2.35 bits per heavy atom. The van der Waals surface area contributed by atoms with E-state index in [1.165, 1.54) is 6.07 Å². The molecule has 0 atom stereocenters. The van der Waals surface area contributed by atoms with Crippen molar-refractivity contribution in [3.05, 3.63) is 17.7 Å². The number of anilines is 2. The van der Waals surface area contributed by atoms with Crippen molar-refractivity contribution in [3.8, 4) is 0 Å². The monoisotopic (exact) mass is 298 g/mol. The topological polar surface area (TPSA) is 101 Å². The van der Waals surface area contributed by atoms with E-state index < -0.39 is 15.8 Å². The molecule has 1 aliphatic heterocycles. The maximum absolute atomic E-state index is 11.9. The molecule has 0 spiro atoms. The van der Waals surface area contributed by atoms with Crippen LogP contribution in [0.15, 0.2) is 17.0 Å². The van der Waals surface area contributed by atoms with Gasteiger partial charge >= 0.3 is 5.97 Å². The fourth-order valence-electron chi connectivity index (χ4n) is 2.45. The number of sulfone groups is 1. The van der Waals surface area contributed by atoms with E-state index in [0.29, 0.717) is 5.69 Å². The Labute approximate surface area is 118 Å². The number of nitrogens with zero attached hydrogens (tertiary/aromatic N) is 1. The first kappa shape index (κ1) is 14.6. The standard InChI is InChI=1S/C13H18N2O4S/c1-20(18,19)12-7-9(13(16)17)10(14)8-11(12)15-5-3-2-4-6-15/h7-8H,2-6,14H2,1H3,(H,16,17). The molecule has 20 heavy (non-hydrogen) atoms. The number of aromatic carboxylic acids is 1. The third-order valence-electron chi connectivity index (χ3n) is 3.46. The lowest BCUT2D eigenvalue weighted by molar-refractivity contribution is 0.0698. The predicted octanol–water partition coefficient (Wildman–Crippen LogP) is 1.36. The van der Waals surface area contributed by atoms with E-state index in [9.17, 15) is 13.2 Å². The number of carboxylic acid groups (broad SMARTS) is 1. The van der Waals surface area contributed by atoms with E-state index >= 15 is 0 Å². The summed E-state index contributed by atoms with van der Waals surface area (Å²) in [4.78, 5) is 13.1. The number of hydrogen-bond donors (Lipinski definition) is 2. The normalized spacial score (nSPS) is 16.1. The summed E-state index contributed by atoms with van der Waals surface area (Å²) >= 11 is 0. The van der Waals surface area contributed by atoms with Gasteiger partial charge in [0.05, 0.1) is 16.1 Å². The van der Waals surface area contributed by atoms with Crippen LogP contribution in [-0.4, -0.2) is 38.8 Å². The maximum Gasteiger partial charge on any atom is 0.337 e. The Balaban J connectivity index is 2.60. The van der Waals surface area contributed by atoms with Gasteiger partial charge in [0.1, 0.15) is 0 Å². The van der Waals surface area contributed by atoms with Gasteiger partial charge < -0.3 is 15.7 Å². The predicted molar refractivity (Wildman–Crippen MR) is 77.0 cm³/mol. The molecule has 0 amide bonds. The molecule has 0 bridgehead atoms. The molecular formula is C13H18N2O4S. The summed E-state index contributed by atoms with van der Waals surface area (Å²) in [6.07, 6.45) is 4.18. The van der Waals surface area contributed by atoms with Crippen molar-refractivity contribution < 1.29 is 18.3 Å². The zero-order valence-corrected chi connectivity index (χ0v) is 12.1. The van der Waals surface area contributed by atoms with Crippen molar-refractivity contribution in [1.29, 1.82) is 0 Å². The molecule has 3 N–H and O–H groups in total. The molecule has 1 fully saturated rings. The maximum atomic E-state index is 11.9. The number of carbonyl (C=O) groups is 1. The van der Waals surface area contributed by atoms with Gasteiger partial charge in [-0.15, -0.1) is 0 Å². The van der Waals surface area contributed by atoms with Crippen LogP contribution < -0.4 is 10.6 Å². The fourth-order valence-corrected chi connectivity index (χ4v) is 3.35. The van der Waals surface area contributed by atoms with Crippen molar-refractivity contribution in [2.24, 2.45) is 0 Å². The van der Waals surface area contributed by atoms with E-state index in [2.05, 4.69) is 0 Å². The SMILES string of the molecule is CS(=O)(=O)c1cc(C(=O)O)c(N)cc1N1CCCCC1. The van der Waals surface area contributed by atoms with Crippen LogP contribution in [0.25, 0.3) is 0 Å². The number of benzene rings is 1. The lowest BCUT2D eigenvalue weighted by atomic mass is 10.1. The van der Waals surface area contributed by atoms with Gasteiger partial charge in [0.15, 0.2) is 9.84 Å². The van der Waals surface area contributed by atoms with Crippen LogP contribution in [0.4, 0.5) is 11.4 Å². The minimum Gasteiger partial charge on any atom is -0.478 e. The zero-order valence-electron chi connectivity index (χ0n) is 11.3. The van der Waals surface area contributed by atoms with Gasteiger partial charge in [-0.1, -0.05) is 0 Å². The first-order valence-corrected chi connectivity index (χ1v) is 8.31. The lowest BCUT2D eigenvalue weighted by Crippen LogP contribution is -2.31. The molecule has 0 aromatic heterocycles. The Bertz CT molecular complexity index is 634. The summed E-state index contributed by atoms with van der Waals surface area (Å²) in [5.41, 5.74) is 6.16. The quantitative estimate of drug-likeness (QED) is 0.817. The first-order chi connectivity index (χ1) is 9.30. The van der Waals surface area contributed by atoms with Crippen LogP contribution in [0.1, 0.15) is 29.6 Å². The van der Waals surface area contributed by atoms with Crippen LogP contribution in [0.2, 0.25) is 0 Å². The molecule has 6 nitrogen and oxygen atoms in total. The smallest absolute Gasteiger partial charge is 0.337 e. The number of rotatable bonds is 3. The summed E-state index contributed by atoms with van der Waals surface area (Å²) in [6, 6.07) is 2.63. The largest absolute Gasteiger partial charge is 0.478 e. The van der Waals surface area contributed by atoms with Crippen molar-refractivity contribution in [2.45, 2.75) is 24.2 Å². The summed E-state index contributed by atoms with van der Waals surface area (Å²) in [7, 11) is -3.52. The highest BCUT2D eigenvalue weighted by Crippen LogP contribution is 2.32. The van der Waals surface area contributed by atoms with E-state index in [1.807, 2.05) is 4.90 Å². The molecule has 7 heteroatoms. The number of nitrogens with two attached hydrogens (primary N) is 1. The summed E-state index contributed by atoms with van der Waals surface area (Å²) in [5, 5.41) is 9.07. The summed E-state index contributed by atoms with van der Waals surface area (Å²) < 4.78 is 23.8. The number of nitrogen functional groups attached to an aromatic ring is 1. The van der Waals surface area contributed by atoms with E-state index in [1.54, 1.807) is 0 Å². The highest BCUT2D eigenvalue weighted by molar-refractivity contribution is 7.90. The van der Waals surface area contributed by atoms with Crippen molar-refractivity contribution in [1.82, 2.24) is 0 Å². The van der Waals surface area contributed by atoms with Crippen LogP contribution in [0, 0.1) is 0 Å². The van der Waals surface area contributed by atoms with Gasteiger partial charge in [-0.25, -0.2) is 13.2 Å². The second-order valence-corrected chi connectivity index (χ2v) is 7.02. The highest BCUT2D eigenvalue weighted by Gasteiger charge is 2.23. The van der Waals surface area contributed by atoms with Gasteiger partial charge in [-0.2, -0.15) is 0 Å². The average molecular weight is 298 g/mol. The molecule has 1 aliphatic rings. The molecule has 1 heterocycles. The second kappa shape index (κ2) is 5.32. The molecule has 0 radical (unpaired) electrons. The fraction of sp³-hybridized carbons (Fsp3) is 0.462. The van der Waals surface area contributed by atoms with Crippen LogP contribution in [-0.2, 0) is 9.84 Å². The van der Waals surface area contributed by atoms with Gasteiger partial charge in [0, 0.05) is 25.0 Å². The summed E-state index contributed by atoms with van der Waals surface area (Å²) in [6.45, 7) is 1.52.